The molecule has 0 amide bonds. The Labute approximate surface area is 336 Å². The Kier molecular flexibility index (Phi) is 7.75. The van der Waals surface area contributed by atoms with Gasteiger partial charge in [-0.1, -0.05) is 59.7 Å². The lowest BCUT2D eigenvalue weighted by Crippen LogP contribution is -2.13. The van der Waals surface area contributed by atoms with Crippen molar-refractivity contribution in [3.63, 3.8) is 0 Å². The molecule has 8 aromatic rings. The second-order valence-corrected chi connectivity index (χ2v) is 23.0. The van der Waals surface area contributed by atoms with E-state index in [0.717, 1.165) is 19.3 Å². The van der Waals surface area contributed by atoms with E-state index in [1.807, 2.05) is 45.3 Å². The zero-order valence-electron chi connectivity index (χ0n) is 33.2. The summed E-state index contributed by atoms with van der Waals surface area (Å²) < 4.78 is 0. The van der Waals surface area contributed by atoms with Gasteiger partial charge >= 0.3 is 0 Å². The smallest absolute Gasteiger partial charge is 0.0478 e. The molecule has 4 aromatic carbocycles. The summed E-state index contributed by atoms with van der Waals surface area (Å²) in [5.74, 6) is 0.506. The normalized spacial score (nSPS) is 16.0. The lowest BCUT2D eigenvalue weighted by atomic mass is 9.77. The molecule has 2 aliphatic rings. The average Bonchev–Trinajstić information content (AvgIpc) is 3.96. The topological polar surface area (TPSA) is 0 Å². The summed E-state index contributed by atoms with van der Waals surface area (Å²) in [7, 11) is 0. The van der Waals surface area contributed by atoms with Crippen molar-refractivity contribution in [1.82, 2.24) is 0 Å². The van der Waals surface area contributed by atoms with Gasteiger partial charge in [-0.25, -0.2) is 0 Å². The molecule has 4 aromatic heterocycles. The summed E-state index contributed by atoms with van der Waals surface area (Å²) in [5.41, 5.74) is 13.5. The first-order valence-corrected chi connectivity index (χ1v) is 22.8. The van der Waals surface area contributed by atoms with Gasteiger partial charge < -0.3 is 0 Å². The van der Waals surface area contributed by atoms with Gasteiger partial charge in [-0.05, 0) is 182 Å². The molecule has 0 N–H and O–H groups in total. The summed E-state index contributed by atoms with van der Waals surface area (Å²) in [5, 5.41) is 8.96. The highest BCUT2D eigenvalue weighted by atomic mass is 32.1. The summed E-state index contributed by atoms with van der Waals surface area (Å²) in [6.07, 6.45) is 5.80. The lowest BCUT2D eigenvalue weighted by molar-refractivity contribution is 0.591. The van der Waals surface area contributed by atoms with Crippen molar-refractivity contribution in [2.75, 3.05) is 0 Å². The highest BCUT2D eigenvalue weighted by Crippen LogP contribution is 2.54. The molecule has 0 fully saturated rings. The van der Waals surface area contributed by atoms with Crippen molar-refractivity contribution in [3.8, 4) is 19.5 Å². The third kappa shape index (κ3) is 5.38. The minimum Gasteiger partial charge on any atom is -0.140 e. The molecule has 0 saturated carbocycles. The Morgan fingerprint density at radius 2 is 1.02 bits per heavy atom. The average molecular weight is 777 g/mol. The predicted molar refractivity (Wildman–Crippen MR) is 243 cm³/mol. The first-order valence-electron chi connectivity index (χ1n) is 19.5. The fourth-order valence-corrected chi connectivity index (χ4v) is 13.9. The van der Waals surface area contributed by atoms with Crippen molar-refractivity contribution in [2.24, 2.45) is 0 Å². The number of hydrogen-bond acceptors (Lipinski definition) is 4. The number of hydrogen-bond donors (Lipinski definition) is 0. The summed E-state index contributed by atoms with van der Waals surface area (Å²) >= 11 is 7.88. The van der Waals surface area contributed by atoms with E-state index in [2.05, 4.69) is 136 Å². The molecular formula is C50H48S4. The Morgan fingerprint density at radius 1 is 0.519 bits per heavy atom. The van der Waals surface area contributed by atoms with Crippen LogP contribution in [-0.2, 0) is 30.1 Å². The van der Waals surface area contributed by atoms with E-state index >= 15 is 0 Å². The largest absolute Gasteiger partial charge is 0.140 e. The van der Waals surface area contributed by atoms with Crippen LogP contribution >= 0.6 is 45.3 Å². The molecule has 0 spiro atoms. The van der Waals surface area contributed by atoms with E-state index in [1.165, 1.54) is 105 Å². The van der Waals surface area contributed by atoms with Crippen LogP contribution in [0.4, 0.5) is 0 Å². The van der Waals surface area contributed by atoms with Gasteiger partial charge in [0.15, 0.2) is 0 Å². The Bertz CT molecular complexity index is 2830. The molecule has 272 valence electrons. The molecule has 0 nitrogen and oxygen atoms in total. The van der Waals surface area contributed by atoms with Crippen LogP contribution in [-0.4, -0.2) is 0 Å². The van der Waals surface area contributed by atoms with Gasteiger partial charge in [0.2, 0.25) is 0 Å². The first kappa shape index (κ1) is 34.9. The first-order chi connectivity index (χ1) is 25.6. The molecular weight excluding hydrogens is 729 g/mol. The highest BCUT2D eigenvalue weighted by molar-refractivity contribution is 7.23. The van der Waals surface area contributed by atoms with Gasteiger partial charge in [0.1, 0.15) is 0 Å². The fourth-order valence-electron chi connectivity index (χ4n) is 9.36. The lowest BCUT2D eigenvalue weighted by Gasteiger charge is -2.27. The minimum atomic E-state index is 0.0456. The molecule has 10 rings (SSSR count). The van der Waals surface area contributed by atoms with Gasteiger partial charge in [0.05, 0.1) is 0 Å². The maximum absolute atomic E-state index is 2.60. The minimum absolute atomic E-state index is 0.0456. The van der Waals surface area contributed by atoms with E-state index in [9.17, 15) is 0 Å². The van der Waals surface area contributed by atoms with Gasteiger partial charge in [-0.3, -0.25) is 0 Å². The number of aryl methyl sites for hydroxylation is 4. The van der Waals surface area contributed by atoms with Crippen LogP contribution in [0.1, 0.15) is 111 Å². The summed E-state index contributed by atoms with van der Waals surface area (Å²) in [4.78, 5) is 11.4. The standard InChI is InChI=1S/C50H48S4/c1-25-15-43(53-47(25)41-13-11-27(3)51-41)29-17-33-34(18-29)38-22-32(50(8,9)10)24-40-36-20-30(44-16-26(2)48(54-44)42-14-12-28(4)52-42)19-35(36)39-23-31(49(5,6)7)21-37(33)45(39)46(38)40/h11-17,21-24,30H,18-20H2,1-10H3. The second-order valence-electron chi connectivity index (χ2n) is 18.3. The molecule has 1 atom stereocenters. The van der Waals surface area contributed by atoms with E-state index in [1.54, 1.807) is 16.0 Å². The Hall–Kier alpha value is -3.54. The van der Waals surface area contributed by atoms with Crippen molar-refractivity contribution < 1.29 is 0 Å². The van der Waals surface area contributed by atoms with Gasteiger partial charge in [-0.2, -0.15) is 0 Å². The van der Waals surface area contributed by atoms with Gasteiger partial charge in [-0.15, -0.1) is 45.3 Å². The molecule has 54 heavy (non-hydrogen) atoms. The maximum atomic E-state index is 2.60. The van der Waals surface area contributed by atoms with Crippen LogP contribution in [0.2, 0.25) is 0 Å². The number of fused-ring (bicyclic) bond motifs is 6. The van der Waals surface area contributed by atoms with Crippen molar-refractivity contribution in [3.05, 3.63) is 125 Å². The van der Waals surface area contributed by atoms with E-state index in [-0.39, 0.29) is 10.8 Å². The highest BCUT2D eigenvalue weighted by Gasteiger charge is 2.34. The zero-order chi connectivity index (χ0) is 37.6. The van der Waals surface area contributed by atoms with Crippen LogP contribution in [0, 0.1) is 27.7 Å². The molecule has 4 heterocycles. The van der Waals surface area contributed by atoms with Crippen LogP contribution in [0.25, 0.3) is 63.5 Å². The van der Waals surface area contributed by atoms with E-state index in [0.29, 0.717) is 5.92 Å². The summed E-state index contributed by atoms with van der Waals surface area (Å²) in [6.45, 7) is 23.4. The Balaban J connectivity index is 1.21. The van der Waals surface area contributed by atoms with E-state index in [4.69, 9.17) is 0 Å². The number of benzene rings is 4. The van der Waals surface area contributed by atoms with Crippen molar-refractivity contribution >= 4 is 89.3 Å². The summed E-state index contributed by atoms with van der Waals surface area (Å²) in [6, 6.07) is 24.5. The number of thiophene rings is 4. The van der Waals surface area contributed by atoms with Gasteiger partial charge in [0.25, 0.3) is 0 Å². The monoisotopic (exact) mass is 776 g/mol. The van der Waals surface area contributed by atoms with E-state index < -0.39 is 0 Å². The molecule has 2 aliphatic carbocycles. The molecule has 4 heteroatoms. The third-order valence-corrected chi connectivity index (χ3v) is 17.4. The van der Waals surface area contributed by atoms with Crippen LogP contribution in [0.5, 0.6) is 0 Å². The number of allylic oxidation sites excluding steroid dienone is 1. The van der Waals surface area contributed by atoms with Crippen molar-refractivity contribution in [2.45, 2.75) is 105 Å². The second kappa shape index (κ2) is 12.0. The number of rotatable bonds is 4. The van der Waals surface area contributed by atoms with Crippen LogP contribution < -0.4 is 0 Å². The quantitative estimate of drug-likeness (QED) is 0.156. The van der Waals surface area contributed by atoms with Crippen LogP contribution in [0.3, 0.4) is 0 Å². The molecule has 0 radical (unpaired) electrons. The molecule has 0 saturated heterocycles. The zero-order valence-corrected chi connectivity index (χ0v) is 36.4. The predicted octanol–water partition coefficient (Wildman–Crippen LogP) is 16.0. The van der Waals surface area contributed by atoms with Crippen LogP contribution in [0.15, 0.2) is 60.7 Å². The Morgan fingerprint density at radius 3 is 1.56 bits per heavy atom. The molecule has 0 aliphatic heterocycles. The fraction of sp³-hybridized carbons (Fsp3) is 0.320. The maximum Gasteiger partial charge on any atom is 0.0478 e. The molecule has 1 unspecified atom stereocenters. The SMILES string of the molecule is Cc1ccc(-c2sc(C3=Cc4c(c5cc(C(C)(C)C)cc6c7c(c8cc(C(C)(C)C)cc4c8c56)CC(c4cc(C)c(-c5ccc(C)s5)s4)C7)C3)cc2C)s1. The van der Waals surface area contributed by atoms with Crippen molar-refractivity contribution in [1.29, 1.82) is 0 Å². The third-order valence-electron chi connectivity index (χ3n) is 12.3. The molecule has 0 bridgehead atoms. The van der Waals surface area contributed by atoms with Gasteiger partial charge in [0, 0.05) is 51.4 Å².